The first-order valence-electron chi connectivity index (χ1n) is 4.57. The normalized spacial score (nSPS) is 14.5. The van der Waals surface area contributed by atoms with Crippen LogP contribution < -0.4 is 0 Å². The molecule has 0 heterocycles. The number of nitrogens with zero attached hydrogens (tertiary/aromatic N) is 2. The van der Waals surface area contributed by atoms with Gasteiger partial charge < -0.3 is 0 Å². The average Bonchev–Trinajstić information content (AvgIpc) is 2.04. The van der Waals surface area contributed by atoms with Crippen LogP contribution in [0.5, 0.6) is 0 Å². The average molecular weight is 184 g/mol. The molecule has 0 amide bonds. The largest absolute Gasteiger partial charge is 0.264 e. The molecule has 0 aromatic rings. The van der Waals surface area contributed by atoms with Gasteiger partial charge in [-0.1, -0.05) is 26.2 Å². The Labute approximate surface area is 78.7 Å². The lowest BCUT2D eigenvalue weighted by Gasteiger charge is -2.15. The first kappa shape index (κ1) is 11.9. The van der Waals surface area contributed by atoms with E-state index in [-0.39, 0.29) is 6.54 Å². The van der Waals surface area contributed by atoms with Gasteiger partial charge in [-0.2, -0.15) is 5.26 Å². The van der Waals surface area contributed by atoms with Crippen LogP contribution in [0.4, 0.5) is 0 Å². The second-order valence-corrected chi connectivity index (χ2v) is 3.62. The first-order chi connectivity index (χ1) is 6.04. The third-order valence-corrected chi connectivity index (χ3v) is 2.08. The van der Waals surface area contributed by atoms with Crippen molar-refractivity contribution in [1.82, 2.24) is 0 Å². The van der Waals surface area contributed by atoms with Crippen LogP contribution in [0.25, 0.3) is 0 Å². The van der Waals surface area contributed by atoms with Crippen molar-refractivity contribution in [3.8, 4) is 6.07 Å². The SMILES string of the molecule is CCCCCC(C)(C#N)C[N+](=O)[O-]. The van der Waals surface area contributed by atoms with E-state index in [1.54, 1.807) is 6.92 Å². The summed E-state index contributed by atoms with van der Waals surface area (Å²) in [6.45, 7) is 3.48. The van der Waals surface area contributed by atoms with E-state index in [1.165, 1.54) is 0 Å². The van der Waals surface area contributed by atoms with E-state index in [4.69, 9.17) is 5.26 Å². The van der Waals surface area contributed by atoms with Crippen LogP contribution in [0.1, 0.15) is 39.5 Å². The first-order valence-corrected chi connectivity index (χ1v) is 4.57. The number of rotatable bonds is 6. The molecule has 0 aliphatic heterocycles. The molecule has 0 radical (unpaired) electrons. The van der Waals surface area contributed by atoms with Crippen molar-refractivity contribution in [1.29, 1.82) is 5.26 Å². The highest BCUT2D eigenvalue weighted by molar-refractivity contribution is 4.94. The molecule has 0 spiro atoms. The van der Waals surface area contributed by atoms with Crippen molar-refractivity contribution < 1.29 is 4.92 Å². The van der Waals surface area contributed by atoms with Gasteiger partial charge in [-0.25, -0.2) is 0 Å². The molecule has 0 bridgehead atoms. The van der Waals surface area contributed by atoms with Gasteiger partial charge in [-0.3, -0.25) is 10.1 Å². The Morgan fingerprint density at radius 3 is 2.54 bits per heavy atom. The Hall–Kier alpha value is -1.11. The quantitative estimate of drug-likeness (QED) is 0.361. The molecule has 0 aliphatic carbocycles. The van der Waals surface area contributed by atoms with Crippen molar-refractivity contribution in [2.24, 2.45) is 5.41 Å². The summed E-state index contributed by atoms with van der Waals surface area (Å²) in [6, 6.07) is 2.03. The summed E-state index contributed by atoms with van der Waals surface area (Å²) in [5.41, 5.74) is -0.779. The Morgan fingerprint density at radius 1 is 1.54 bits per heavy atom. The van der Waals surface area contributed by atoms with Gasteiger partial charge in [0.1, 0.15) is 5.41 Å². The summed E-state index contributed by atoms with van der Waals surface area (Å²) in [6.07, 6.45) is 3.63. The zero-order valence-electron chi connectivity index (χ0n) is 8.25. The van der Waals surface area contributed by atoms with E-state index in [1.807, 2.05) is 6.07 Å². The fourth-order valence-electron chi connectivity index (χ4n) is 1.22. The standard InChI is InChI=1S/C9H16N2O2/c1-3-4-5-6-9(2,7-10)8-11(12)13/h3-6,8H2,1-2H3. The van der Waals surface area contributed by atoms with E-state index in [2.05, 4.69) is 6.92 Å². The van der Waals surface area contributed by atoms with Crippen molar-refractivity contribution >= 4 is 0 Å². The molecule has 13 heavy (non-hydrogen) atoms. The maximum Gasteiger partial charge on any atom is 0.222 e. The maximum atomic E-state index is 10.3. The lowest BCUT2D eigenvalue weighted by Crippen LogP contribution is -2.24. The molecule has 0 aromatic carbocycles. The number of nitriles is 1. The second-order valence-electron chi connectivity index (χ2n) is 3.62. The van der Waals surface area contributed by atoms with Gasteiger partial charge in [0.25, 0.3) is 0 Å². The van der Waals surface area contributed by atoms with E-state index >= 15 is 0 Å². The minimum Gasteiger partial charge on any atom is -0.264 e. The molecule has 0 N–H and O–H groups in total. The molecule has 0 saturated carbocycles. The molecule has 0 rings (SSSR count). The van der Waals surface area contributed by atoms with Crippen LogP contribution in [0, 0.1) is 26.9 Å². The van der Waals surface area contributed by atoms with Crippen LogP contribution >= 0.6 is 0 Å². The molecule has 74 valence electrons. The lowest BCUT2D eigenvalue weighted by molar-refractivity contribution is -0.493. The van der Waals surface area contributed by atoms with E-state index < -0.39 is 10.3 Å². The highest BCUT2D eigenvalue weighted by Gasteiger charge is 2.29. The Morgan fingerprint density at radius 2 is 2.15 bits per heavy atom. The highest BCUT2D eigenvalue weighted by atomic mass is 16.6. The third-order valence-electron chi connectivity index (χ3n) is 2.08. The summed E-state index contributed by atoms with van der Waals surface area (Å²) in [5, 5.41) is 19.0. The lowest BCUT2D eigenvalue weighted by atomic mass is 9.86. The molecule has 0 aliphatic rings. The minimum atomic E-state index is -0.779. The van der Waals surface area contributed by atoms with Crippen molar-refractivity contribution in [3.05, 3.63) is 10.1 Å². The monoisotopic (exact) mass is 184 g/mol. The fraction of sp³-hybridized carbons (Fsp3) is 0.889. The number of nitro groups is 1. The summed E-state index contributed by atoms with van der Waals surface area (Å²) in [5.74, 6) is 0. The second kappa shape index (κ2) is 5.52. The van der Waals surface area contributed by atoms with Gasteiger partial charge in [0, 0.05) is 4.92 Å². The molecule has 4 heteroatoms. The van der Waals surface area contributed by atoms with E-state index in [9.17, 15) is 10.1 Å². The predicted octanol–water partition coefficient (Wildman–Crippen LogP) is 2.37. The zero-order chi connectivity index (χ0) is 10.3. The molecule has 0 fully saturated rings. The molecular formula is C9H16N2O2. The molecular weight excluding hydrogens is 168 g/mol. The van der Waals surface area contributed by atoms with E-state index in [0.29, 0.717) is 6.42 Å². The van der Waals surface area contributed by atoms with Crippen LogP contribution in [-0.4, -0.2) is 11.5 Å². The van der Waals surface area contributed by atoms with Crippen molar-refractivity contribution in [2.75, 3.05) is 6.54 Å². The topological polar surface area (TPSA) is 66.9 Å². The van der Waals surface area contributed by atoms with Crippen LogP contribution in [0.3, 0.4) is 0 Å². The van der Waals surface area contributed by atoms with E-state index in [0.717, 1.165) is 19.3 Å². The van der Waals surface area contributed by atoms with Crippen LogP contribution in [0.2, 0.25) is 0 Å². The van der Waals surface area contributed by atoms with Gasteiger partial charge in [-0.05, 0) is 13.3 Å². The van der Waals surface area contributed by atoms with Crippen LogP contribution in [0.15, 0.2) is 0 Å². The fourth-order valence-corrected chi connectivity index (χ4v) is 1.22. The van der Waals surface area contributed by atoms with Crippen molar-refractivity contribution in [3.63, 3.8) is 0 Å². The summed E-state index contributed by atoms with van der Waals surface area (Å²) in [7, 11) is 0. The van der Waals surface area contributed by atoms with Gasteiger partial charge >= 0.3 is 0 Å². The Balaban J connectivity index is 3.98. The summed E-state index contributed by atoms with van der Waals surface area (Å²) >= 11 is 0. The summed E-state index contributed by atoms with van der Waals surface area (Å²) in [4.78, 5) is 9.85. The number of hydrogen-bond donors (Lipinski definition) is 0. The highest BCUT2D eigenvalue weighted by Crippen LogP contribution is 2.23. The van der Waals surface area contributed by atoms with Gasteiger partial charge in [0.05, 0.1) is 6.07 Å². The predicted molar refractivity (Wildman–Crippen MR) is 49.7 cm³/mol. The Kier molecular flexibility index (Phi) is 5.05. The minimum absolute atomic E-state index is 0.243. The third kappa shape index (κ3) is 5.18. The summed E-state index contributed by atoms with van der Waals surface area (Å²) < 4.78 is 0. The van der Waals surface area contributed by atoms with Crippen LogP contribution in [-0.2, 0) is 0 Å². The Bertz CT molecular complexity index is 210. The molecule has 1 unspecified atom stereocenters. The molecule has 0 saturated heterocycles. The van der Waals surface area contributed by atoms with Gasteiger partial charge in [-0.15, -0.1) is 0 Å². The van der Waals surface area contributed by atoms with Gasteiger partial charge in [0.15, 0.2) is 0 Å². The smallest absolute Gasteiger partial charge is 0.222 e. The zero-order valence-corrected chi connectivity index (χ0v) is 8.25. The molecule has 0 aromatic heterocycles. The van der Waals surface area contributed by atoms with Crippen molar-refractivity contribution in [2.45, 2.75) is 39.5 Å². The molecule has 4 nitrogen and oxygen atoms in total. The number of unbranched alkanes of at least 4 members (excludes halogenated alkanes) is 2. The van der Waals surface area contributed by atoms with Gasteiger partial charge in [0.2, 0.25) is 6.54 Å². The molecule has 1 atom stereocenters. The maximum absolute atomic E-state index is 10.3. The number of hydrogen-bond acceptors (Lipinski definition) is 3.